The molecule has 0 N–H and O–H groups in total. The quantitative estimate of drug-likeness (QED) is 0.412. The molecule has 160 valence electrons. The van der Waals surface area contributed by atoms with Gasteiger partial charge in [-0.2, -0.15) is 0 Å². The van der Waals surface area contributed by atoms with Gasteiger partial charge in [0.25, 0.3) is 0 Å². The summed E-state index contributed by atoms with van der Waals surface area (Å²) in [6.45, 7) is 14.8. The Kier molecular flexibility index (Phi) is 5.77. The van der Waals surface area contributed by atoms with Crippen LogP contribution in [0.25, 0.3) is 0 Å². The van der Waals surface area contributed by atoms with Gasteiger partial charge in [-0.15, -0.1) is 0 Å². The highest BCUT2D eigenvalue weighted by molar-refractivity contribution is 5.39. The molecule has 29 heavy (non-hydrogen) atoms. The zero-order valence-electron chi connectivity index (χ0n) is 19.8. The molecule has 0 heteroatoms. The van der Waals surface area contributed by atoms with E-state index >= 15 is 0 Å². The summed E-state index contributed by atoms with van der Waals surface area (Å²) in [5.41, 5.74) is 2.50. The average molecular weight is 393 g/mol. The second kappa shape index (κ2) is 7.90. The summed E-state index contributed by atoms with van der Waals surface area (Å²) in [6.07, 6.45) is 25.6. The van der Waals surface area contributed by atoms with Crippen molar-refractivity contribution >= 4 is 0 Å². The molecule has 0 spiro atoms. The van der Waals surface area contributed by atoms with E-state index in [2.05, 4.69) is 84.1 Å². The second-order valence-corrected chi connectivity index (χ2v) is 11.6. The standard InChI is InChI=1S/C29H44/c1-7-22(20(2)3)12-11-21(4)25-15-16-26-24-14-13-23-10-8-9-18-28(23,5)27(24)17-19-29(25,26)6/h8-14,20-22,24-27H,7,15-19H2,1-6H3/b12-11+/t21-,22?,24+,25-,26+,27+,28+,29-/m1/s1. The Bertz CT molecular complexity index is 718. The highest BCUT2D eigenvalue weighted by Crippen LogP contribution is 2.66. The van der Waals surface area contributed by atoms with Gasteiger partial charge >= 0.3 is 0 Å². The molecule has 4 aliphatic rings. The molecular weight excluding hydrogens is 348 g/mol. The van der Waals surface area contributed by atoms with Gasteiger partial charge < -0.3 is 0 Å². The first-order valence-corrected chi connectivity index (χ1v) is 12.5. The van der Waals surface area contributed by atoms with Crippen molar-refractivity contribution in [2.45, 2.75) is 80.1 Å². The Hall–Kier alpha value is -1.04. The van der Waals surface area contributed by atoms with Gasteiger partial charge in [-0.05, 0) is 96.4 Å². The van der Waals surface area contributed by atoms with Crippen LogP contribution in [0.15, 0.2) is 48.1 Å². The van der Waals surface area contributed by atoms with E-state index in [1.54, 1.807) is 5.57 Å². The van der Waals surface area contributed by atoms with Gasteiger partial charge in [0.15, 0.2) is 0 Å². The summed E-state index contributed by atoms with van der Waals surface area (Å²) in [7, 11) is 0. The van der Waals surface area contributed by atoms with Crippen molar-refractivity contribution in [3.63, 3.8) is 0 Å². The van der Waals surface area contributed by atoms with Crippen molar-refractivity contribution in [3.05, 3.63) is 48.1 Å². The lowest BCUT2D eigenvalue weighted by Crippen LogP contribution is -2.48. The predicted molar refractivity (Wildman–Crippen MR) is 127 cm³/mol. The van der Waals surface area contributed by atoms with E-state index in [1.165, 1.54) is 38.5 Å². The van der Waals surface area contributed by atoms with Crippen molar-refractivity contribution in [2.75, 3.05) is 0 Å². The first-order chi connectivity index (χ1) is 13.8. The van der Waals surface area contributed by atoms with Gasteiger partial charge in [-0.3, -0.25) is 0 Å². The fourth-order valence-electron chi connectivity index (χ4n) is 8.01. The molecule has 0 heterocycles. The predicted octanol–water partition coefficient (Wildman–Crippen LogP) is 8.38. The topological polar surface area (TPSA) is 0 Å². The number of rotatable bonds is 5. The molecule has 0 bridgehead atoms. The van der Waals surface area contributed by atoms with E-state index in [9.17, 15) is 0 Å². The highest BCUT2D eigenvalue weighted by Gasteiger charge is 2.57. The van der Waals surface area contributed by atoms with E-state index in [0.717, 1.165) is 35.5 Å². The van der Waals surface area contributed by atoms with Gasteiger partial charge in [0.1, 0.15) is 0 Å². The van der Waals surface area contributed by atoms with Crippen LogP contribution in [0.4, 0.5) is 0 Å². The zero-order valence-corrected chi connectivity index (χ0v) is 19.8. The number of hydrogen-bond acceptors (Lipinski definition) is 0. The van der Waals surface area contributed by atoms with Crippen LogP contribution >= 0.6 is 0 Å². The van der Waals surface area contributed by atoms with E-state index in [4.69, 9.17) is 0 Å². The SMILES string of the molecule is CCC(/C=C/[C@@H](C)[C@H]1CC[C@H]2[C@@H]3C=CC4=CC=CC[C@]4(C)[C@H]3CC[C@]12C)C(C)C. The van der Waals surface area contributed by atoms with Crippen LogP contribution in [0, 0.1) is 52.3 Å². The van der Waals surface area contributed by atoms with E-state index < -0.39 is 0 Å². The Labute approximate surface area is 180 Å². The van der Waals surface area contributed by atoms with Crippen LogP contribution in [-0.2, 0) is 0 Å². The molecule has 0 saturated heterocycles. The zero-order chi connectivity index (χ0) is 20.8. The van der Waals surface area contributed by atoms with Crippen LogP contribution in [0.3, 0.4) is 0 Å². The molecule has 2 saturated carbocycles. The van der Waals surface area contributed by atoms with Crippen LogP contribution in [0.5, 0.6) is 0 Å². The molecule has 0 nitrogen and oxygen atoms in total. The smallest absolute Gasteiger partial charge is 0.000690 e. The van der Waals surface area contributed by atoms with Crippen molar-refractivity contribution in [2.24, 2.45) is 52.3 Å². The van der Waals surface area contributed by atoms with Crippen LogP contribution < -0.4 is 0 Å². The maximum Gasteiger partial charge on any atom is -0.000690 e. The number of hydrogen-bond donors (Lipinski definition) is 0. The van der Waals surface area contributed by atoms with Crippen molar-refractivity contribution in [1.82, 2.24) is 0 Å². The Balaban J connectivity index is 1.54. The lowest BCUT2D eigenvalue weighted by Gasteiger charge is -2.56. The van der Waals surface area contributed by atoms with E-state index in [1.807, 2.05) is 0 Å². The summed E-state index contributed by atoms with van der Waals surface area (Å²) in [5.74, 6) is 5.59. The Morgan fingerprint density at radius 1 is 1.07 bits per heavy atom. The van der Waals surface area contributed by atoms with Crippen molar-refractivity contribution < 1.29 is 0 Å². The second-order valence-electron chi connectivity index (χ2n) is 11.6. The van der Waals surface area contributed by atoms with E-state index in [0.29, 0.717) is 16.7 Å². The summed E-state index contributed by atoms with van der Waals surface area (Å²) in [6, 6.07) is 0. The fraction of sp³-hybridized carbons (Fsp3) is 0.724. The molecule has 0 aromatic heterocycles. The molecule has 0 aromatic carbocycles. The largest absolute Gasteiger partial charge is 0.0851 e. The Morgan fingerprint density at radius 3 is 2.59 bits per heavy atom. The summed E-state index contributed by atoms with van der Waals surface area (Å²) < 4.78 is 0. The minimum absolute atomic E-state index is 0.380. The number of allylic oxidation sites excluding steroid dienone is 8. The summed E-state index contributed by atoms with van der Waals surface area (Å²) >= 11 is 0. The Morgan fingerprint density at radius 2 is 1.86 bits per heavy atom. The average Bonchev–Trinajstić information content (AvgIpc) is 3.05. The third-order valence-electron chi connectivity index (χ3n) is 9.96. The van der Waals surface area contributed by atoms with Gasteiger partial charge in [0, 0.05) is 0 Å². The molecule has 4 aliphatic carbocycles. The monoisotopic (exact) mass is 392 g/mol. The first-order valence-electron chi connectivity index (χ1n) is 12.5. The van der Waals surface area contributed by atoms with Gasteiger partial charge in [0.05, 0.1) is 0 Å². The van der Waals surface area contributed by atoms with Crippen molar-refractivity contribution in [3.8, 4) is 0 Å². The fourth-order valence-corrected chi connectivity index (χ4v) is 8.01. The third-order valence-corrected chi connectivity index (χ3v) is 9.96. The highest BCUT2D eigenvalue weighted by atomic mass is 14.6. The maximum atomic E-state index is 2.66. The van der Waals surface area contributed by atoms with Crippen LogP contribution in [0.2, 0.25) is 0 Å². The maximum absolute atomic E-state index is 2.66. The molecule has 4 rings (SSSR count). The molecule has 2 fully saturated rings. The molecule has 1 unspecified atom stereocenters. The van der Waals surface area contributed by atoms with Gasteiger partial charge in [0.2, 0.25) is 0 Å². The number of fused-ring (bicyclic) bond motifs is 5. The molecule has 0 aromatic rings. The molecule has 0 aliphatic heterocycles. The molecule has 8 atom stereocenters. The molecular formula is C29H44. The lowest BCUT2D eigenvalue weighted by atomic mass is 9.48. The lowest BCUT2D eigenvalue weighted by molar-refractivity contribution is -0.0170. The van der Waals surface area contributed by atoms with Gasteiger partial charge in [-0.25, -0.2) is 0 Å². The molecule has 0 amide bonds. The minimum Gasteiger partial charge on any atom is -0.0851 e. The van der Waals surface area contributed by atoms with Crippen molar-refractivity contribution in [1.29, 1.82) is 0 Å². The van der Waals surface area contributed by atoms with Crippen LogP contribution in [-0.4, -0.2) is 0 Å². The van der Waals surface area contributed by atoms with Gasteiger partial charge in [-0.1, -0.05) is 84.1 Å². The van der Waals surface area contributed by atoms with Crippen LogP contribution in [0.1, 0.15) is 80.1 Å². The normalized spacial score (nSPS) is 43.1. The third kappa shape index (κ3) is 3.43. The minimum atomic E-state index is 0.380. The first kappa shape index (κ1) is 21.2. The molecule has 0 radical (unpaired) electrons. The summed E-state index contributed by atoms with van der Waals surface area (Å²) in [4.78, 5) is 0. The summed E-state index contributed by atoms with van der Waals surface area (Å²) in [5, 5.41) is 0. The van der Waals surface area contributed by atoms with E-state index in [-0.39, 0.29) is 0 Å².